The number of nitrogens with two attached hydrogens (primary N) is 1. The summed E-state index contributed by atoms with van der Waals surface area (Å²) < 4.78 is 21.6. The molecule has 1 aliphatic heterocycles. The first-order chi connectivity index (χ1) is 24.4. The van der Waals surface area contributed by atoms with Crippen LogP contribution in [-0.4, -0.2) is 75.6 Å². The molecule has 4 fully saturated rings. The summed E-state index contributed by atoms with van der Waals surface area (Å²) in [6, 6.07) is 0. The summed E-state index contributed by atoms with van der Waals surface area (Å²) in [5.74, 6) is 5.28. The highest BCUT2D eigenvalue weighted by Crippen LogP contribution is 2.67. The standard InChI is InChI=1S/C27H46O.C10H14N5O8P/c1-18(2)7-6-8-19(3)23-11-12-24-22-10-9-20-17-21(28)13-15-26(20,4)25(22)14-16-27(23,24)5;11-10-13-7-4(8(18)14-10)12-2-15(7)9-6(17)5(16)3(23-9)1-22-24(19,20)21/h9,18-19,21-25,28H,6-8,10-17H2,1-5H3;2-3,5-6,9,16-17H,1H2,(H2,19,20,21)(H3,11,13,14,18)/t19-,21+,22+,23-,24+,25+,26+,27-;3-,5-,6-,9-/m11/s1. The molecular formula is C37H60N5O9P. The zero-order chi connectivity index (χ0) is 37.7. The lowest BCUT2D eigenvalue weighted by Crippen LogP contribution is -2.50. The van der Waals surface area contributed by atoms with Gasteiger partial charge >= 0.3 is 7.82 Å². The number of imidazole rings is 1. The van der Waals surface area contributed by atoms with Crippen molar-refractivity contribution in [1.29, 1.82) is 0 Å². The second kappa shape index (κ2) is 15.2. The van der Waals surface area contributed by atoms with E-state index in [1.165, 1.54) is 68.7 Å². The smallest absolute Gasteiger partial charge is 0.393 e. The molecule has 15 heteroatoms. The first-order valence-corrected chi connectivity index (χ1v) is 20.8. The van der Waals surface area contributed by atoms with Gasteiger partial charge in [0, 0.05) is 0 Å². The number of nitrogen functional groups attached to an aromatic ring is 1. The van der Waals surface area contributed by atoms with E-state index in [-0.39, 0.29) is 23.2 Å². The Morgan fingerprint density at radius 1 is 1.08 bits per heavy atom. The maximum Gasteiger partial charge on any atom is 0.469 e. The van der Waals surface area contributed by atoms with Crippen LogP contribution in [0.3, 0.4) is 0 Å². The average molecular weight is 750 g/mol. The summed E-state index contributed by atoms with van der Waals surface area (Å²) in [5.41, 5.74) is 7.45. The predicted octanol–water partition coefficient (Wildman–Crippen LogP) is 4.82. The lowest BCUT2D eigenvalue weighted by atomic mass is 9.47. The molecule has 7 rings (SSSR count). The molecule has 12 atom stereocenters. The summed E-state index contributed by atoms with van der Waals surface area (Å²) in [5, 5.41) is 30.3. The third kappa shape index (κ3) is 7.69. The molecule has 52 heavy (non-hydrogen) atoms. The van der Waals surface area contributed by atoms with Gasteiger partial charge in [0.25, 0.3) is 5.56 Å². The minimum atomic E-state index is -4.76. The predicted molar refractivity (Wildman–Crippen MR) is 196 cm³/mol. The van der Waals surface area contributed by atoms with Crippen molar-refractivity contribution in [3.63, 3.8) is 0 Å². The number of fused-ring (bicyclic) bond motifs is 6. The van der Waals surface area contributed by atoms with E-state index < -0.39 is 44.5 Å². The van der Waals surface area contributed by atoms with E-state index in [4.69, 9.17) is 20.3 Å². The normalized spacial score (nSPS) is 37.9. The second-order valence-electron chi connectivity index (χ2n) is 17.3. The van der Waals surface area contributed by atoms with Crippen LogP contribution in [0.25, 0.3) is 11.2 Å². The number of ether oxygens (including phenoxy) is 1. The number of aromatic nitrogens is 4. The van der Waals surface area contributed by atoms with E-state index in [1.54, 1.807) is 5.57 Å². The van der Waals surface area contributed by atoms with Gasteiger partial charge in [0.15, 0.2) is 17.4 Å². The maximum absolute atomic E-state index is 11.7. The molecule has 0 amide bonds. The van der Waals surface area contributed by atoms with Crippen molar-refractivity contribution in [1.82, 2.24) is 19.5 Å². The third-order valence-electron chi connectivity index (χ3n) is 13.7. The van der Waals surface area contributed by atoms with Gasteiger partial charge in [0.05, 0.1) is 19.0 Å². The summed E-state index contributed by atoms with van der Waals surface area (Å²) in [4.78, 5) is 39.1. The minimum absolute atomic E-state index is 0.0176. The Hall–Kier alpha value is -2.16. The first-order valence-electron chi connectivity index (χ1n) is 19.2. The van der Waals surface area contributed by atoms with Crippen LogP contribution in [0.15, 0.2) is 22.8 Å². The molecule has 0 spiro atoms. The number of allylic oxidation sites excluding steroid dienone is 1. The molecule has 3 saturated carbocycles. The Morgan fingerprint density at radius 3 is 2.54 bits per heavy atom. The Bertz CT molecular complexity index is 1710. The van der Waals surface area contributed by atoms with Gasteiger partial charge < -0.3 is 35.6 Å². The molecule has 292 valence electrons. The first kappa shape index (κ1) is 39.5. The van der Waals surface area contributed by atoms with Crippen LogP contribution in [0.5, 0.6) is 0 Å². The van der Waals surface area contributed by atoms with E-state index in [0.29, 0.717) is 10.8 Å². The molecule has 0 unspecified atom stereocenters. The second-order valence-corrected chi connectivity index (χ2v) is 18.5. The van der Waals surface area contributed by atoms with Crippen molar-refractivity contribution in [2.75, 3.05) is 12.3 Å². The Labute approximate surface area is 305 Å². The molecule has 3 heterocycles. The van der Waals surface area contributed by atoms with Gasteiger partial charge in [0.1, 0.15) is 18.3 Å². The van der Waals surface area contributed by atoms with Gasteiger partial charge in [-0.15, -0.1) is 0 Å². The quantitative estimate of drug-likeness (QED) is 0.135. The largest absolute Gasteiger partial charge is 0.469 e. The molecule has 2 aromatic rings. The van der Waals surface area contributed by atoms with Crippen LogP contribution in [0.1, 0.15) is 111 Å². The molecule has 0 aromatic carbocycles. The number of aromatic amines is 1. The number of H-pyrrole nitrogens is 1. The number of phosphoric ester groups is 1. The molecule has 5 aliphatic rings. The fourth-order valence-electron chi connectivity index (χ4n) is 11.1. The van der Waals surface area contributed by atoms with E-state index in [2.05, 4.69) is 60.2 Å². The summed E-state index contributed by atoms with van der Waals surface area (Å²) in [6.07, 6.45) is 12.9. The van der Waals surface area contributed by atoms with Gasteiger partial charge in [-0.3, -0.25) is 18.9 Å². The van der Waals surface area contributed by atoms with Gasteiger partial charge in [-0.1, -0.05) is 65.5 Å². The van der Waals surface area contributed by atoms with Gasteiger partial charge in [-0.25, -0.2) is 9.55 Å². The Morgan fingerprint density at radius 2 is 1.83 bits per heavy atom. The number of aliphatic hydroxyl groups excluding tert-OH is 3. The number of rotatable bonds is 9. The Balaban J connectivity index is 0.000000181. The van der Waals surface area contributed by atoms with Crippen molar-refractivity contribution < 1.29 is 38.9 Å². The Kier molecular flexibility index (Phi) is 11.5. The highest BCUT2D eigenvalue weighted by molar-refractivity contribution is 7.46. The molecule has 0 bridgehead atoms. The summed E-state index contributed by atoms with van der Waals surface area (Å²) in [6.45, 7) is 11.9. The van der Waals surface area contributed by atoms with E-state index in [9.17, 15) is 24.7 Å². The number of phosphoric acid groups is 1. The molecule has 8 N–H and O–H groups in total. The van der Waals surface area contributed by atoms with Crippen molar-refractivity contribution in [2.45, 2.75) is 136 Å². The highest BCUT2D eigenvalue weighted by atomic mass is 31.2. The third-order valence-corrected chi connectivity index (χ3v) is 14.2. The average Bonchev–Trinajstić information content (AvgIpc) is 3.73. The van der Waals surface area contributed by atoms with Crippen LogP contribution in [0.2, 0.25) is 0 Å². The van der Waals surface area contributed by atoms with Crippen molar-refractivity contribution in [3.8, 4) is 0 Å². The van der Waals surface area contributed by atoms with Crippen molar-refractivity contribution >= 4 is 24.9 Å². The van der Waals surface area contributed by atoms with Gasteiger partial charge in [-0.2, -0.15) is 4.98 Å². The molecule has 4 aliphatic carbocycles. The molecule has 0 radical (unpaired) electrons. The number of nitrogens with zero attached hydrogens (tertiary/aromatic N) is 3. The number of anilines is 1. The molecule has 2 aromatic heterocycles. The van der Waals surface area contributed by atoms with Crippen LogP contribution < -0.4 is 11.3 Å². The number of nitrogens with one attached hydrogen (secondary N) is 1. The van der Waals surface area contributed by atoms with Crippen molar-refractivity contribution in [3.05, 3.63) is 28.3 Å². The van der Waals surface area contributed by atoms with Crippen LogP contribution in [0, 0.1) is 46.3 Å². The molecule has 14 nitrogen and oxygen atoms in total. The lowest BCUT2D eigenvalue weighted by Gasteiger charge is -2.58. The monoisotopic (exact) mass is 749 g/mol. The molecule has 1 saturated heterocycles. The van der Waals surface area contributed by atoms with E-state index in [0.717, 1.165) is 48.3 Å². The number of hydrogen-bond donors (Lipinski definition) is 7. The van der Waals surface area contributed by atoms with Gasteiger partial charge in [0.2, 0.25) is 5.95 Å². The van der Waals surface area contributed by atoms with Crippen LogP contribution in [0.4, 0.5) is 5.95 Å². The zero-order valence-electron chi connectivity index (χ0n) is 31.2. The fraction of sp³-hybridized carbons (Fsp3) is 0.811. The zero-order valence-corrected chi connectivity index (χ0v) is 32.1. The summed E-state index contributed by atoms with van der Waals surface area (Å²) >= 11 is 0. The lowest BCUT2D eigenvalue weighted by molar-refractivity contribution is -0.0573. The van der Waals surface area contributed by atoms with Gasteiger partial charge in [-0.05, 0) is 97.7 Å². The fourth-order valence-corrected chi connectivity index (χ4v) is 11.4. The maximum atomic E-state index is 11.7. The van der Waals surface area contributed by atoms with E-state index in [1.807, 2.05) is 0 Å². The SMILES string of the molecule is CC(C)CCC[C@@H](C)[C@H]1CC[C@H]2[C@@H]3CC=C4C[C@@H](O)CC[C@]4(C)[C@H]3CC[C@]12C.Nc1nc2c(ncn2[C@@H]2O[C@H](COP(=O)(O)O)[C@@H](O)[C@H]2O)c(=O)[nH]1. The van der Waals surface area contributed by atoms with Crippen LogP contribution in [-0.2, 0) is 13.8 Å². The van der Waals surface area contributed by atoms with Crippen molar-refractivity contribution in [2.24, 2.45) is 46.3 Å². The van der Waals surface area contributed by atoms with Crippen LogP contribution >= 0.6 is 7.82 Å². The number of hydrogen-bond acceptors (Lipinski definition) is 10. The minimum Gasteiger partial charge on any atom is -0.393 e. The van der Waals surface area contributed by atoms with E-state index >= 15 is 0 Å². The highest BCUT2D eigenvalue weighted by Gasteiger charge is 2.59. The topological polar surface area (TPSA) is 226 Å². The molecular weight excluding hydrogens is 689 g/mol. The summed E-state index contributed by atoms with van der Waals surface area (Å²) in [7, 11) is -4.76. The number of aliphatic hydroxyl groups is 3.